The predicted molar refractivity (Wildman–Crippen MR) is 191 cm³/mol. The molecule has 7 heteroatoms. The third kappa shape index (κ3) is 12.5. The van der Waals surface area contributed by atoms with E-state index in [-0.39, 0.29) is 23.9 Å². The van der Waals surface area contributed by atoms with Crippen molar-refractivity contribution in [1.29, 1.82) is 0 Å². The van der Waals surface area contributed by atoms with Crippen molar-refractivity contribution in [2.24, 2.45) is 11.8 Å². The topological polar surface area (TPSA) is 73.9 Å². The van der Waals surface area contributed by atoms with Crippen LogP contribution in [0.5, 0.6) is 5.75 Å². The number of ether oxygens (including phenoxy) is 1. The maximum absolute atomic E-state index is 13.9. The van der Waals surface area contributed by atoms with Crippen molar-refractivity contribution >= 4 is 11.8 Å². The Morgan fingerprint density at radius 2 is 1.43 bits per heavy atom. The van der Waals surface area contributed by atoms with Crippen LogP contribution in [0.15, 0.2) is 84.9 Å². The minimum atomic E-state index is -0.672. The summed E-state index contributed by atoms with van der Waals surface area (Å²) in [6, 6.07) is 27.6. The van der Waals surface area contributed by atoms with Crippen LogP contribution in [0.4, 0.5) is 0 Å². The van der Waals surface area contributed by atoms with Crippen molar-refractivity contribution in [1.82, 2.24) is 20.4 Å². The third-order valence-corrected chi connectivity index (χ3v) is 9.02. The Balaban J connectivity index is 1.42. The number of carbonyl (C=O) groups excluding carboxylic acids is 2. The minimum absolute atomic E-state index is 0.0781. The number of nitrogens with zero attached hydrogens (tertiary/aromatic N) is 2. The smallest absolute Gasteiger partial charge is 0.243 e. The SMILES string of the molecule is CC(C)CCN(C)[C@H](CC(C)C)C(=O)N[C@@H](Cc1ccc(OCc2ccccc2)cc1)C(=O)NC1CCN(Cc2ccccc2)CC1. The lowest BCUT2D eigenvalue weighted by atomic mass is 9.99. The lowest BCUT2D eigenvalue weighted by molar-refractivity contribution is -0.132. The summed E-state index contributed by atoms with van der Waals surface area (Å²) in [7, 11) is 2.03. The molecule has 2 amide bonds. The molecule has 0 aliphatic carbocycles. The number of likely N-dealkylation sites (N-methyl/N-ethyl adjacent to an activating group) is 1. The van der Waals surface area contributed by atoms with E-state index in [9.17, 15) is 9.59 Å². The Kier molecular flexibility index (Phi) is 14.3. The van der Waals surface area contributed by atoms with Crippen LogP contribution >= 0.6 is 0 Å². The van der Waals surface area contributed by atoms with Crippen LogP contribution in [0.1, 0.15) is 70.1 Å². The first-order chi connectivity index (χ1) is 22.7. The number of hydrogen-bond donors (Lipinski definition) is 2. The molecule has 3 aromatic rings. The standard InChI is InChI=1S/C40H56N4O3/c1-30(2)20-23-43(5)38(26-31(3)4)40(46)42-37(27-32-16-18-36(19-17-32)47-29-34-14-10-7-11-15-34)39(45)41-35-21-24-44(25-22-35)28-33-12-8-6-9-13-33/h6-19,30-31,35,37-38H,20-29H2,1-5H3,(H,41,45)(H,42,46)/t37-,38+/m0/s1. The van der Waals surface area contributed by atoms with Crippen molar-refractivity contribution in [2.75, 3.05) is 26.7 Å². The summed E-state index contributed by atoms with van der Waals surface area (Å²) in [5.41, 5.74) is 3.39. The number of nitrogens with one attached hydrogen (secondary N) is 2. The molecule has 0 spiro atoms. The zero-order valence-corrected chi connectivity index (χ0v) is 29.2. The van der Waals surface area contributed by atoms with Gasteiger partial charge in [-0.2, -0.15) is 0 Å². The van der Waals surface area contributed by atoms with Gasteiger partial charge in [0.15, 0.2) is 0 Å². The monoisotopic (exact) mass is 640 g/mol. The Hall–Kier alpha value is -3.68. The van der Waals surface area contributed by atoms with E-state index in [4.69, 9.17) is 4.74 Å². The summed E-state index contributed by atoms with van der Waals surface area (Å²) >= 11 is 0. The number of hydrogen-bond acceptors (Lipinski definition) is 5. The molecule has 3 aromatic carbocycles. The Labute approximate surface area is 283 Å². The molecule has 7 nitrogen and oxygen atoms in total. The molecular weight excluding hydrogens is 584 g/mol. The second-order valence-electron chi connectivity index (χ2n) is 14.0. The summed E-state index contributed by atoms with van der Waals surface area (Å²) in [6.07, 6.45) is 3.95. The first-order valence-electron chi connectivity index (χ1n) is 17.5. The number of piperidine rings is 1. The number of amides is 2. The quantitative estimate of drug-likeness (QED) is 0.177. The summed E-state index contributed by atoms with van der Waals surface area (Å²) in [5.74, 6) is 1.48. The summed E-state index contributed by atoms with van der Waals surface area (Å²) in [6.45, 7) is 12.8. The first kappa shape index (κ1) is 36.2. The average molecular weight is 641 g/mol. The van der Waals surface area contributed by atoms with E-state index >= 15 is 0 Å². The van der Waals surface area contributed by atoms with Crippen LogP contribution in [-0.2, 0) is 29.2 Å². The molecule has 47 heavy (non-hydrogen) atoms. The molecule has 0 unspecified atom stereocenters. The van der Waals surface area contributed by atoms with Gasteiger partial charge in [0.2, 0.25) is 11.8 Å². The first-order valence-corrected chi connectivity index (χ1v) is 17.5. The lowest BCUT2D eigenvalue weighted by Crippen LogP contribution is -2.56. The molecule has 0 radical (unpaired) electrons. The fourth-order valence-corrected chi connectivity index (χ4v) is 6.11. The van der Waals surface area contributed by atoms with Crippen LogP contribution in [0.25, 0.3) is 0 Å². The largest absolute Gasteiger partial charge is 0.489 e. The van der Waals surface area contributed by atoms with Crippen LogP contribution < -0.4 is 15.4 Å². The Bertz CT molecular complexity index is 1340. The second-order valence-corrected chi connectivity index (χ2v) is 14.0. The molecule has 1 aliphatic heterocycles. The summed E-state index contributed by atoms with van der Waals surface area (Å²) in [4.78, 5) is 32.4. The maximum atomic E-state index is 13.9. The highest BCUT2D eigenvalue weighted by Gasteiger charge is 2.30. The van der Waals surface area contributed by atoms with Gasteiger partial charge < -0.3 is 15.4 Å². The zero-order chi connectivity index (χ0) is 33.6. The number of likely N-dealkylation sites (tertiary alicyclic amines) is 1. The van der Waals surface area contributed by atoms with Crippen LogP contribution in [0.3, 0.4) is 0 Å². The fourth-order valence-electron chi connectivity index (χ4n) is 6.11. The maximum Gasteiger partial charge on any atom is 0.243 e. The van der Waals surface area contributed by atoms with Gasteiger partial charge in [-0.1, -0.05) is 100 Å². The van der Waals surface area contributed by atoms with Crippen molar-refractivity contribution in [2.45, 2.75) is 91.1 Å². The minimum Gasteiger partial charge on any atom is -0.489 e. The molecule has 1 fully saturated rings. The molecule has 1 heterocycles. The number of rotatable bonds is 17. The summed E-state index contributed by atoms with van der Waals surface area (Å²) in [5, 5.41) is 6.51. The molecule has 0 aromatic heterocycles. The number of carbonyl (C=O) groups is 2. The van der Waals surface area contributed by atoms with Crippen molar-refractivity contribution < 1.29 is 14.3 Å². The van der Waals surface area contributed by atoms with Gasteiger partial charge in [-0.25, -0.2) is 0 Å². The van der Waals surface area contributed by atoms with E-state index in [1.54, 1.807) is 0 Å². The predicted octanol–water partition coefficient (Wildman–Crippen LogP) is 6.47. The highest BCUT2D eigenvalue weighted by atomic mass is 16.5. The summed E-state index contributed by atoms with van der Waals surface area (Å²) < 4.78 is 5.99. The lowest BCUT2D eigenvalue weighted by Gasteiger charge is -2.34. The van der Waals surface area contributed by atoms with E-state index in [0.29, 0.717) is 24.9 Å². The van der Waals surface area contributed by atoms with Crippen molar-refractivity contribution in [3.05, 3.63) is 102 Å². The molecule has 0 saturated carbocycles. The molecule has 2 N–H and O–H groups in total. The average Bonchev–Trinajstić information content (AvgIpc) is 3.07. The van der Waals surface area contributed by atoms with Gasteiger partial charge in [-0.3, -0.25) is 19.4 Å². The number of benzene rings is 3. The van der Waals surface area contributed by atoms with Crippen molar-refractivity contribution in [3.8, 4) is 5.75 Å². The van der Waals surface area contributed by atoms with Crippen LogP contribution in [-0.4, -0.2) is 66.4 Å². The molecule has 254 valence electrons. The third-order valence-electron chi connectivity index (χ3n) is 9.02. The Morgan fingerprint density at radius 1 is 0.809 bits per heavy atom. The van der Waals surface area contributed by atoms with Crippen LogP contribution in [0, 0.1) is 11.8 Å². The zero-order valence-electron chi connectivity index (χ0n) is 29.2. The van der Waals surface area contributed by atoms with E-state index < -0.39 is 6.04 Å². The van der Waals surface area contributed by atoms with Gasteiger partial charge >= 0.3 is 0 Å². The molecule has 0 bridgehead atoms. The molecule has 4 rings (SSSR count). The second kappa shape index (κ2) is 18.6. The molecule has 2 atom stereocenters. The molecule has 1 aliphatic rings. The fraction of sp³-hybridized carbons (Fsp3) is 0.500. The highest BCUT2D eigenvalue weighted by Crippen LogP contribution is 2.18. The van der Waals surface area contributed by atoms with Gasteiger partial charge in [0.1, 0.15) is 18.4 Å². The Morgan fingerprint density at radius 3 is 2.02 bits per heavy atom. The molecular formula is C40H56N4O3. The molecule has 1 saturated heterocycles. The van der Waals surface area contributed by atoms with Gasteiger partial charge in [-0.05, 0) is 79.9 Å². The van der Waals surface area contributed by atoms with Gasteiger partial charge in [0.05, 0.1) is 6.04 Å². The van der Waals surface area contributed by atoms with E-state index in [2.05, 4.69) is 72.4 Å². The van der Waals surface area contributed by atoms with Gasteiger partial charge in [0, 0.05) is 32.1 Å². The van der Waals surface area contributed by atoms with Crippen LogP contribution in [0.2, 0.25) is 0 Å². The van der Waals surface area contributed by atoms with E-state index in [1.165, 1.54) is 5.56 Å². The van der Waals surface area contributed by atoms with Gasteiger partial charge in [0.25, 0.3) is 0 Å². The van der Waals surface area contributed by atoms with E-state index in [1.807, 2.05) is 67.7 Å². The van der Waals surface area contributed by atoms with E-state index in [0.717, 1.165) is 68.7 Å². The van der Waals surface area contributed by atoms with Crippen molar-refractivity contribution in [3.63, 3.8) is 0 Å². The van der Waals surface area contributed by atoms with Gasteiger partial charge in [-0.15, -0.1) is 0 Å². The normalized spacial score (nSPS) is 15.5. The highest BCUT2D eigenvalue weighted by molar-refractivity contribution is 5.90.